The number of hydrogen-bond donors (Lipinski definition) is 2. The van der Waals surface area contributed by atoms with Gasteiger partial charge in [-0.3, -0.25) is 4.55 Å². The Morgan fingerprint density at radius 3 is 2.20 bits per heavy atom. The van der Waals surface area contributed by atoms with Crippen LogP contribution in [0, 0.1) is 0 Å². The topological polar surface area (TPSA) is 66.4 Å². The number of rotatable bonds is 6. The first kappa shape index (κ1) is 15.1. The van der Waals surface area contributed by atoms with Crippen molar-refractivity contribution < 1.29 is 17.5 Å². The van der Waals surface area contributed by atoms with Crippen LogP contribution in [0.1, 0.15) is 13.8 Å². The summed E-state index contributed by atoms with van der Waals surface area (Å²) in [6.07, 6.45) is 0. The standard InChI is InChI=1S/C8H19ClN2O3S/c1-8(2,10-9)7-11(3,4)5-6-15(12,13)14/h10H,5-7H2,1-4H3/p+1. The monoisotopic (exact) mass is 259 g/mol. The van der Waals surface area contributed by atoms with Crippen molar-refractivity contribution >= 4 is 21.9 Å². The average Bonchev–Trinajstić information content (AvgIpc) is 1.98. The Morgan fingerprint density at radius 2 is 1.87 bits per heavy atom. The van der Waals surface area contributed by atoms with Crippen molar-refractivity contribution in [2.45, 2.75) is 19.4 Å². The lowest BCUT2D eigenvalue weighted by atomic mass is 10.1. The van der Waals surface area contributed by atoms with E-state index in [1.54, 1.807) is 0 Å². The van der Waals surface area contributed by atoms with Gasteiger partial charge in [0.25, 0.3) is 10.1 Å². The van der Waals surface area contributed by atoms with E-state index < -0.39 is 10.1 Å². The largest absolute Gasteiger partial charge is 0.326 e. The molecule has 0 radical (unpaired) electrons. The molecule has 0 spiro atoms. The minimum absolute atomic E-state index is 0.238. The molecule has 0 aliphatic carbocycles. The van der Waals surface area contributed by atoms with Gasteiger partial charge in [-0.1, -0.05) is 0 Å². The van der Waals surface area contributed by atoms with Crippen LogP contribution < -0.4 is 4.84 Å². The molecule has 0 aromatic carbocycles. The van der Waals surface area contributed by atoms with Gasteiger partial charge in [0, 0.05) is 0 Å². The molecule has 0 rings (SSSR count). The van der Waals surface area contributed by atoms with Gasteiger partial charge in [0.05, 0.1) is 32.7 Å². The first-order chi connectivity index (χ1) is 6.47. The third-order valence-corrected chi connectivity index (χ3v) is 3.24. The molecule has 5 nitrogen and oxygen atoms in total. The molecule has 0 fully saturated rings. The van der Waals surface area contributed by atoms with Gasteiger partial charge in [-0.15, -0.1) is 0 Å². The molecule has 0 atom stereocenters. The summed E-state index contributed by atoms with van der Waals surface area (Å²) in [7, 11) is -0.109. The summed E-state index contributed by atoms with van der Waals surface area (Å²) in [5, 5.41) is 0. The Bertz CT molecular complexity index is 301. The maximum absolute atomic E-state index is 10.6. The third-order valence-electron chi connectivity index (χ3n) is 2.03. The molecule has 0 aliphatic rings. The van der Waals surface area contributed by atoms with Gasteiger partial charge < -0.3 is 4.48 Å². The molecule has 0 amide bonds. The summed E-state index contributed by atoms with van der Waals surface area (Å²) in [6, 6.07) is 0. The Morgan fingerprint density at radius 1 is 1.40 bits per heavy atom. The summed E-state index contributed by atoms with van der Waals surface area (Å²) >= 11 is 5.56. The number of halogens is 1. The molecule has 0 saturated carbocycles. The Hall–Kier alpha value is 0.120. The van der Waals surface area contributed by atoms with Crippen LogP contribution in [0.5, 0.6) is 0 Å². The summed E-state index contributed by atoms with van der Waals surface area (Å²) in [4.78, 5) is 2.64. The molecule has 0 saturated heterocycles. The molecule has 0 bridgehead atoms. The van der Waals surface area contributed by atoms with Crippen molar-refractivity contribution in [3.63, 3.8) is 0 Å². The summed E-state index contributed by atoms with van der Waals surface area (Å²) in [5.41, 5.74) is -0.287. The Balaban J connectivity index is 4.32. The van der Waals surface area contributed by atoms with E-state index in [1.807, 2.05) is 27.9 Å². The smallest absolute Gasteiger partial charge is 0.270 e. The first-order valence-electron chi connectivity index (χ1n) is 4.62. The molecule has 7 heteroatoms. The molecular weight excluding hydrogens is 240 g/mol. The highest BCUT2D eigenvalue weighted by Gasteiger charge is 2.28. The van der Waals surface area contributed by atoms with Crippen LogP contribution in [0.15, 0.2) is 0 Å². The van der Waals surface area contributed by atoms with Gasteiger partial charge in [-0.2, -0.15) is 8.42 Å². The molecule has 0 aliphatic heterocycles. The second-order valence-corrected chi connectivity index (χ2v) is 6.84. The van der Waals surface area contributed by atoms with Crippen molar-refractivity contribution in [2.24, 2.45) is 0 Å². The van der Waals surface area contributed by atoms with E-state index in [2.05, 4.69) is 4.84 Å². The van der Waals surface area contributed by atoms with Crippen LogP contribution in [0.4, 0.5) is 0 Å². The van der Waals surface area contributed by atoms with Crippen molar-refractivity contribution in [2.75, 3.05) is 32.9 Å². The number of hydrogen-bond acceptors (Lipinski definition) is 3. The van der Waals surface area contributed by atoms with Crippen molar-refractivity contribution in [3.05, 3.63) is 0 Å². The van der Waals surface area contributed by atoms with Gasteiger partial charge in [0.15, 0.2) is 0 Å². The molecule has 0 aromatic heterocycles. The number of nitrogens with one attached hydrogen (secondary N) is 1. The van der Waals surface area contributed by atoms with Crippen LogP contribution in [0.25, 0.3) is 0 Å². The van der Waals surface area contributed by atoms with Crippen LogP contribution in [-0.4, -0.2) is 55.9 Å². The highest BCUT2D eigenvalue weighted by atomic mass is 35.5. The third kappa shape index (κ3) is 7.98. The van der Waals surface area contributed by atoms with E-state index in [0.29, 0.717) is 17.6 Å². The van der Waals surface area contributed by atoms with Gasteiger partial charge >= 0.3 is 0 Å². The summed E-state index contributed by atoms with van der Waals surface area (Å²) < 4.78 is 30.4. The normalized spacial score (nSPS) is 14.3. The number of nitrogens with zero attached hydrogens (tertiary/aromatic N) is 1. The minimum atomic E-state index is -3.89. The summed E-state index contributed by atoms with van der Waals surface area (Å²) in [6.45, 7) is 4.85. The lowest BCUT2D eigenvalue weighted by Crippen LogP contribution is -2.54. The fraction of sp³-hybridized carbons (Fsp3) is 1.00. The second kappa shape index (κ2) is 4.97. The van der Waals surface area contributed by atoms with E-state index in [4.69, 9.17) is 16.3 Å². The molecule has 2 N–H and O–H groups in total. The highest BCUT2D eigenvalue weighted by molar-refractivity contribution is 7.85. The van der Waals surface area contributed by atoms with E-state index in [9.17, 15) is 8.42 Å². The quantitative estimate of drug-likeness (QED) is 0.414. The minimum Gasteiger partial charge on any atom is -0.326 e. The zero-order valence-corrected chi connectivity index (χ0v) is 11.2. The fourth-order valence-corrected chi connectivity index (χ4v) is 2.33. The van der Waals surface area contributed by atoms with Crippen molar-refractivity contribution in [1.29, 1.82) is 0 Å². The van der Waals surface area contributed by atoms with Crippen LogP contribution in [0.3, 0.4) is 0 Å². The van der Waals surface area contributed by atoms with Crippen molar-refractivity contribution in [3.8, 4) is 0 Å². The van der Waals surface area contributed by atoms with E-state index in [-0.39, 0.29) is 11.3 Å². The molecule has 0 aromatic rings. The zero-order chi connectivity index (χ0) is 12.3. The zero-order valence-electron chi connectivity index (χ0n) is 9.62. The average molecular weight is 260 g/mol. The van der Waals surface area contributed by atoms with Gasteiger partial charge in [0.1, 0.15) is 5.75 Å². The van der Waals surface area contributed by atoms with Gasteiger partial charge in [-0.05, 0) is 25.6 Å². The lowest BCUT2D eigenvalue weighted by Gasteiger charge is -2.36. The fourth-order valence-electron chi connectivity index (χ4n) is 1.54. The lowest BCUT2D eigenvalue weighted by molar-refractivity contribution is -0.891. The molecule has 0 unspecified atom stereocenters. The maximum Gasteiger partial charge on any atom is 0.270 e. The maximum atomic E-state index is 10.6. The van der Waals surface area contributed by atoms with E-state index in [1.165, 1.54) is 0 Å². The highest BCUT2D eigenvalue weighted by Crippen LogP contribution is 2.10. The van der Waals surface area contributed by atoms with E-state index in [0.717, 1.165) is 0 Å². The van der Waals surface area contributed by atoms with Crippen LogP contribution >= 0.6 is 11.8 Å². The van der Waals surface area contributed by atoms with Crippen LogP contribution in [0.2, 0.25) is 0 Å². The summed E-state index contributed by atoms with van der Waals surface area (Å²) in [5.74, 6) is -0.238. The number of likely N-dealkylation sites (N-methyl/N-ethyl adjacent to an activating group) is 1. The van der Waals surface area contributed by atoms with Gasteiger partial charge in [0.2, 0.25) is 0 Å². The number of quaternary nitrogens is 1. The molecular formula is C8H20ClN2O3S+. The molecule has 92 valence electrons. The Labute approximate surface area is 96.9 Å². The predicted molar refractivity (Wildman–Crippen MR) is 61.3 cm³/mol. The predicted octanol–water partition coefficient (Wildman–Crippen LogP) is 0.473. The second-order valence-electron chi connectivity index (χ2n) is 5.08. The van der Waals surface area contributed by atoms with E-state index >= 15 is 0 Å². The van der Waals surface area contributed by atoms with Crippen LogP contribution in [-0.2, 0) is 10.1 Å². The van der Waals surface area contributed by atoms with Gasteiger partial charge in [-0.25, -0.2) is 4.84 Å². The SMILES string of the molecule is CC(C)(C[N+](C)(C)CCS(=O)(=O)O)NCl. The molecule has 15 heavy (non-hydrogen) atoms. The Kier molecular flexibility index (Phi) is 5.01. The van der Waals surface area contributed by atoms with Crippen molar-refractivity contribution in [1.82, 2.24) is 4.84 Å². The molecule has 0 heterocycles. The first-order valence-corrected chi connectivity index (χ1v) is 6.61.